The number of nitro groups is 1. The summed E-state index contributed by atoms with van der Waals surface area (Å²) in [6.45, 7) is 1.46. The molecule has 1 aromatic carbocycles. The molecule has 0 unspecified atom stereocenters. The van der Waals surface area contributed by atoms with Crippen molar-refractivity contribution in [1.82, 2.24) is 14.8 Å². The summed E-state index contributed by atoms with van der Waals surface area (Å²) in [5.74, 6) is 0. The molecule has 6 heteroatoms. The molecule has 0 aliphatic rings. The van der Waals surface area contributed by atoms with Gasteiger partial charge in [-0.25, -0.2) is 9.67 Å². The van der Waals surface area contributed by atoms with Crippen molar-refractivity contribution in [1.29, 1.82) is 0 Å². The monoisotopic (exact) mass is 230 g/mol. The van der Waals surface area contributed by atoms with E-state index >= 15 is 0 Å². The average molecular weight is 230 g/mol. The van der Waals surface area contributed by atoms with Gasteiger partial charge in [-0.05, 0) is 17.7 Å². The maximum atomic E-state index is 10.5. The molecule has 1 heterocycles. The lowest BCUT2D eigenvalue weighted by molar-refractivity contribution is -0.422. The van der Waals surface area contributed by atoms with Gasteiger partial charge >= 0.3 is 0 Å². The van der Waals surface area contributed by atoms with Gasteiger partial charge in [0, 0.05) is 13.0 Å². The standard InChI is InChI=1S/C11H10N4O2/c1-9(15(16)17)6-10-2-4-11(5-3-10)14-8-12-7-13-14/h2-8H,1H3. The molecule has 6 nitrogen and oxygen atoms in total. The first kappa shape index (κ1) is 11.0. The highest BCUT2D eigenvalue weighted by molar-refractivity contribution is 5.52. The molecule has 0 bridgehead atoms. The van der Waals surface area contributed by atoms with Crippen LogP contribution in [0.25, 0.3) is 11.8 Å². The summed E-state index contributed by atoms with van der Waals surface area (Å²) in [7, 11) is 0. The average Bonchev–Trinajstić information content (AvgIpc) is 2.83. The Morgan fingerprint density at radius 1 is 1.41 bits per heavy atom. The number of rotatable bonds is 3. The maximum Gasteiger partial charge on any atom is 0.243 e. The second kappa shape index (κ2) is 4.56. The minimum atomic E-state index is -0.411. The van der Waals surface area contributed by atoms with E-state index in [-0.39, 0.29) is 5.70 Å². The van der Waals surface area contributed by atoms with Gasteiger partial charge in [-0.15, -0.1) is 0 Å². The number of hydrogen-bond donors (Lipinski definition) is 0. The van der Waals surface area contributed by atoms with Crippen LogP contribution in [0.2, 0.25) is 0 Å². The normalized spacial score (nSPS) is 11.5. The van der Waals surface area contributed by atoms with Crippen LogP contribution in [0.3, 0.4) is 0 Å². The largest absolute Gasteiger partial charge is 0.259 e. The highest BCUT2D eigenvalue weighted by atomic mass is 16.6. The lowest BCUT2D eigenvalue weighted by atomic mass is 10.2. The van der Waals surface area contributed by atoms with Crippen LogP contribution < -0.4 is 0 Å². The fourth-order valence-corrected chi connectivity index (χ4v) is 1.36. The van der Waals surface area contributed by atoms with E-state index in [9.17, 15) is 10.1 Å². The topological polar surface area (TPSA) is 73.8 Å². The Morgan fingerprint density at radius 3 is 2.65 bits per heavy atom. The fourth-order valence-electron chi connectivity index (χ4n) is 1.36. The van der Waals surface area contributed by atoms with Crippen LogP contribution in [0, 0.1) is 10.1 Å². The molecule has 0 radical (unpaired) electrons. The zero-order valence-electron chi connectivity index (χ0n) is 9.15. The van der Waals surface area contributed by atoms with Crippen molar-refractivity contribution >= 4 is 6.08 Å². The summed E-state index contributed by atoms with van der Waals surface area (Å²) in [6.07, 6.45) is 4.56. The van der Waals surface area contributed by atoms with Crippen molar-refractivity contribution < 1.29 is 4.92 Å². The van der Waals surface area contributed by atoms with E-state index < -0.39 is 4.92 Å². The summed E-state index contributed by atoms with van der Waals surface area (Å²) >= 11 is 0. The van der Waals surface area contributed by atoms with Crippen molar-refractivity contribution in [3.8, 4) is 5.69 Å². The molecule has 1 aromatic heterocycles. The Hall–Kier alpha value is -2.50. The number of benzene rings is 1. The van der Waals surface area contributed by atoms with Crippen LogP contribution in [0.4, 0.5) is 0 Å². The second-order valence-corrected chi connectivity index (χ2v) is 3.47. The Balaban J connectivity index is 2.25. The van der Waals surface area contributed by atoms with E-state index in [2.05, 4.69) is 10.1 Å². The molecule has 0 atom stereocenters. The van der Waals surface area contributed by atoms with Gasteiger partial charge in [0.15, 0.2) is 0 Å². The highest BCUT2D eigenvalue weighted by Crippen LogP contribution is 2.11. The molecule has 86 valence electrons. The molecule has 0 saturated heterocycles. The Labute approximate surface area is 97.4 Å². The van der Waals surface area contributed by atoms with Gasteiger partial charge in [-0.2, -0.15) is 5.10 Å². The molecule has 0 aliphatic heterocycles. The first-order valence-electron chi connectivity index (χ1n) is 4.94. The zero-order chi connectivity index (χ0) is 12.3. The third-order valence-corrected chi connectivity index (χ3v) is 2.24. The van der Waals surface area contributed by atoms with Crippen LogP contribution in [-0.2, 0) is 0 Å². The number of nitrogens with zero attached hydrogens (tertiary/aromatic N) is 4. The molecule has 0 amide bonds. The minimum absolute atomic E-state index is 0.110. The van der Waals surface area contributed by atoms with Crippen molar-refractivity contribution in [2.45, 2.75) is 6.92 Å². The Kier molecular flexibility index (Phi) is 2.95. The van der Waals surface area contributed by atoms with Crippen LogP contribution in [0.1, 0.15) is 12.5 Å². The zero-order valence-corrected chi connectivity index (χ0v) is 9.15. The number of hydrogen-bond acceptors (Lipinski definition) is 4. The molecule has 0 aliphatic carbocycles. The van der Waals surface area contributed by atoms with Crippen molar-refractivity contribution in [2.75, 3.05) is 0 Å². The smallest absolute Gasteiger partial charge is 0.243 e. The molecule has 0 N–H and O–H groups in total. The predicted molar refractivity (Wildman–Crippen MR) is 62.0 cm³/mol. The van der Waals surface area contributed by atoms with Gasteiger partial charge in [-0.1, -0.05) is 12.1 Å². The van der Waals surface area contributed by atoms with Gasteiger partial charge in [0.05, 0.1) is 10.6 Å². The molecule has 17 heavy (non-hydrogen) atoms. The van der Waals surface area contributed by atoms with Crippen molar-refractivity contribution in [2.24, 2.45) is 0 Å². The first-order valence-corrected chi connectivity index (χ1v) is 4.94. The SMILES string of the molecule is CC(=Cc1ccc(-n2cncn2)cc1)[N+](=O)[O-]. The van der Waals surface area contributed by atoms with E-state index in [1.807, 2.05) is 12.1 Å². The third kappa shape index (κ3) is 2.54. The van der Waals surface area contributed by atoms with Crippen LogP contribution in [0.5, 0.6) is 0 Å². The van der Waals surface area contributed by atoms with Crippen molar-refractivity contribution in [3.63, 3.8) is 0 Å². The summed E-state index contributed by atoms with van der Waals surface area (Å²) in [4.78, 5) is 13.9. The van der Waals surface area contributed by atoms with E-state index in [1.165, 1.54) is 19.3 Å². The second-order valence-electron chi connectivity index (χ2n) is 3.47. The highest BCUT2D eigenvalue weighted by Gasteiger charge is 2.02. The summed E-state index contributed by atoms with van der Waals surface area (Å²) in [5, 5.41) is 14.5. The van der Waals surface area contributed by atoms with Gasteiger partial charge in [0.2, 0.25) is 5.70 Å². The fraction of sp³-hybridized carbons (Fsp3) is 0.0909. The summed E-state index contributed by atoms with van der Waals surface area (Å²) in [5.41, 5.74) is 1.75. The number of allylic oxidation sites excluding steroid dienone is 1. The lowest BCUT2D eigenvalue weighted by Crippen LogP contribution is -1.95. The van der Waals surface area contributed by atoms with E-state index in [4.69, 9.17) is 0 Å². The van der Waals surface area contributed by atoms with Gasteiger partial charge < -0.3 is 0 Å². The van der Waals surface area contributed by atoms with Crippen LogP contribution >= 0.6 is 0 Å². The molecule has 0 fully saturated rings. The lowest BCUT2D eigenvalue weighted by Gasteiger charge is -2.00. The van der Waals surface area contributed by atoms with Gasteiger partial charge in [-0.3, -0.25) is 10.1 Å². The first-order chi connectivity index (χ1) is 8.16. The minimum Gasteiger partial charge on any atom is -0.259 e. The van der Waals surface area contributed by atoms with E-state index in [1.54, 1.807) is 23.1 Å². The quantitative estimate of drug-likeness (QED) is 0.596. The molecule has 0 saturated carbocycles. The van der Waals surface area contributed by atoms with Gasteiger partial charge in [0.25, 0.3) is 0 Å². The van der Waals surface area contributed by atoms with E-state index in [0.717, 1.165) is 11.3 Å². The predicted octanol–water partition coefficient (Wildman–Crippen LogP) is 1.90. The van der Waals surface area contributed by atoms with Gasteiger partial charge in [0.1, 0.15) is 12.7 Å². The summed E-state index contributed by atoms with van der Waals surface area (Å²) < 4.78 is 1.62. The summed E-state index contributed by atoms with van der Waals surface area (Å²) in [6, 6.07) is 7.25. The number of aromatic nitrogens is 3. The van der Waals surface area contributed by atoms with Crippen molar-refractivity contribution in [3.05, 3.63) is 58.3 Å². The molecular weight excluding hydrogens is 220 g/mol. The molecule has 0 spiro atoms. The van der Waals surface area contributed by atoms with Crippen LogP contribution in [0.15, 0.2) is 42.6 Å². The molecule has 2 rings (SSSR count). The Morgan fingerprint density at radius 2 is 2.12 bits per heavy atom. The maximum absolute atomic E-state index is 10.5. The molecule has 2 aromatic rings. The van der Waals surface area contributed by atoms with Crippen LogP contribution in [-0.4, -0.2) is 19.7 Å². The third-order valence-electron chi connectivity index (χ3n) is 2.24. The molecular formula is C11H10N4O2. The van der Waals surface area contributed by atoms with E-state index in [0.29, 0.717) is 0 Å². The Bertz CT molecular complexity index is 543.